The SMILES string of the molecule is CCN(CC)C(=O)C(S[C@@H]1O[C@H](CO)[C@H](O)[C@H](n2cc(-c3cc(F)c(F)c(F)c3)nn2)[C@H]1O)C1(O)CCOCC1. The number of hydrogen-bond donors (Lipinski definition) is 4. The monoisotopic (exact) mass is 590 g/mol. The molecule has 0 spiro atoms. The van der Waals surface area contributed by atoms with E-state index < -0.39 is 64.7 Å². The molecule has 40 heavy (non-hydrogen) atoms. The zero-order valence-corrected chi connectivity index (χ0v) is 22.8. The average Bonchev–Trinajstić information content (AvgIpc) is 3.42. The van der Waals surface area contributed by atoms with Gasteiger partial charge in [0, 0.05) is 44.7 Å². The number of aromatic nitrogens is 3. The van der Waals surface area contributed by atoms with Crippen molar-refractivity contribution in [3.8, 4) is 11.3 Å². The van der Waals surface area contributed by atoms with Crippen molar-refractivity contribution in [3.63, 3.8) is 0 Å². The third-order valence-corrected chi connectivity index (χ3v) is 8.93. The van der Waals surface area contributed by atoms with Gasteiger partial charge >= 0.3 is 0 Å². The van der Waals surface area contributed by atoms with Crippen molar-refractivity contribution in [1.29, 1.82) is 0 Å². The van der Waals surface area contributed by atoms with Crippen molar-refractivity contribution in [2.24, 2.45) is 0 Å². The Labute approximate surface area is 232 Å². The summed E-state index contributed by atoms with van der Waals surface area (Å²) in [5.41, 5.74) is -2.88. The number of benzene rings is 1. The van der Waals surface area contributed by atoms with E-state index in [1.54, 1.807) is 18.7 Å². The summed E-state index contributed by atoms with van der Waals surface area (Å²) < 4.78 is 53.2. The van der Waals surface area contributed by atoms with Crippen molar-refractivity contribution in [3.05, 3.63) is 35.8 Å². The molecule has 4 N–H and O–H groups in total. The Kier molecular flexibility index (Phi) is 9.75. The number of amides is 1. The molecule has 2 saturated heterocycles. The van der Waals surface area contributed by atoms with Crippen molar-refractivity contribution in [2.45, 2.75) is 67.3 Å². The fraction of sp³-hybridized carbons (Fsp3) is 0.640. The minimum Gasteiger partial charge on any atom is -0.394 e. The van der Waals surface area contributed by atoms with E-state index in [9.17, 15) is 38.4 Å². The van der Waals surface area contributed by atoms with Gasteiger partial charge in [0.05, 0.1) is 18.4 Å². The van der Waals surface area contributed by atoms with E-state index in [0.29, 0.717) is 13.1 Å². The van der Waals surface area contributed by atoms with E-state index in [0.717, 1.165) is 28.6 Å². The molecule has 0 aliphatic carbocycles. The summed E-state index contributed by atoms with van der Waals surface area (Å²) in [7, 11) is 0. The zero-order valence-electron chi connectivity index (χ0n) is 22.0. The van der Waals surface area contributed by atoms with Crippen LogP contribution in [0.4, 0.5) is 13.2 Å². The topological polar surface area (TPSA) is 150 Å². The number of aliphatic hydroxyl groups excluding tert-OH is 3. The molecule has 6 atom stereocenters. The van der Waals surface area contributed by atoms with E-state index in [1.807, 2.05) is 0 Å². The molecule has 222 valence electrons. The zero-order chi connectivity index (χ0) is 29.2. The van der Waals surface area contributed by atoms with Crippen LogP contribution in [0.3, 0.4) is 0 Å². The Morgan fingerprint density at radius 2 is 1.80 bits per heavy atom. The second kappa shape index (κ2) is 12.7. The lowest BCUT2D eigenvalue weighted by molar-refractivity contribution is -0.179. The van der Waals surface area contributed by atoms with Crippen LogP contribution in [0.2, 0.25) is 0 Å². The number of thioether (sulfide) groups is 1. The van der Waals surface area contributed by atoms with Gasteiger partial charge in [0.2, 0.25) is 5.91 Å². The van der Waals surface area contributed by atoms with Crippen molar-refractivity contribution in [1.82, 2.24) is 19.9 Å². The Morgan fingerprint density at radius 1 is 1.18 bits per heavy atom. The van der Waals surface area contributed by atoms with Crippen LogP contribution in [0.1, 0.15) is 32.7 Å². The number of rotatable bonds is 9. The lowest BCUT2D eigenvalue weighted by Gasteiger charge is -2.45. The molecular formula is C25H33F3N4O7S. The molecule has 2 aromatic rings. The number of nitrogens with zero attached hydrogens (tertiary/aromatic N) is 4. The van der Waals surface area contributed by atoms with Gasteiger partial charge in [-0.1, -0.05) is 5.21 Å². The molecule has 15 heteroatoms. The van der Waals surface area contributed by atoms with Gasteiger partial charge in [0.15, 0.2) is 17.5 Å². The normalized spacial score (nSPS) is 27.4. The highest BCUT2D eigenvalue weighted by molar-refractivity contribution is 8.01. The maximum Gasteiger partial charge on any atom is 0.238 e. The largest absolute Gasteiger partial charge is 0.394 e. The summed E-state index contributed by atoms with van der Waals surface area (Å²) in [4.78, 5) is 15.1. The minimum absolute atomic E-state index is 0.0699. The van der Waals surface area contributed by atoms with Crippen LogP contribution >= 0.6 is 11.8 Å². The lowest BCUT2D eigenvalue weighted by atomic mass is 9.89. The van der Waals surface area contributed by atoms with Gasteiger partial charge in [0.1, 0.15) is 40.7 Å². The first-order valence-corrected chi connectivity index (χ1v) is 13.9. The molecule has 1 aromatic carbocycles. The van der Waals surface area contributed by atoms with Crippen LogP contribution in [0.5, 0.6) is 0 Å². The van der Waals surface area contributed by atoms with E-state index in [-0.39, 0.29) is 43.2 Å². The third-order valence-electron chi connectivity index (χ3n) is 7.36. The predicted molar refractivity (Wildman–Crippen MR) is 136 cm³/mol. The van der Waals surface area contributed by atoms with Crippen LogP contribution in [0, 0.1) is 17.5 Å². The first kappa shape index (κ1) is 30.7. The van der Waals surface area contributed by atoms with Gasteiger partial charge in [0.25, 0.3) is 0 Å². The molecule has 2 fully saturated rings. The minimum atomic E-state index is -1.64. The standard InChI is InChI=1S/C25H33F3N4O7S/c1-3-31(4-2)23(36)22(25(37)5-7-38-8-6-25)40-24-21(35)19(20(34)17(12-33)39-24)32-11-16(29-30-32)13-9-14(26)18(28)15(27)10-13/h9-11,17,19-22,24,33-35,37H,3-8,12H2,1-2H3/t17-,19+,20+,21-,22?,24+/m1/s1. The van der Waals surface area contributed by atoms with Crippen LogP contribution in [0.15, 0.2) is 18.3 Å². The summed E-state index contributed by atoms with van der Waals surface area (Å²) in [6.07, 6.45) is -2.70. The summed E-state index contributed by atoms with van der Waals surface area (Å²) in [5, 5.41) is 50.4. The summed E-state index contributed by atoms with van der Waals surface area (Å²) in [5.74, 6) is -4.86. The molecule has 2 aliphatic rings. The number of ether oxygens (including phenoxy) is 2. The van der Waals surface area contributed by atoms with E-state index >= 15 is 0 Å². The van der Waals surface area contributed by atoms with Crippen molar-refractivity contribution >= 4 is 17.7 Å². The summed E-state index contributed by atoms with van der Waals surface area (Å²) >= 11 is 0.881. The number of hydrogen-bond acceptors (Lipinski definition) is 10. The molecule has 0 radical (unpaired) electrons. The highest BCUT2D eigenvalue weighted by Crippen LogP contribution is 2.42. The highest BCUT2D eigenvalue weighted by atomic mass is 32.2. The number of carbonyl (C=O) groups is 1. The number of aliphatic hydroxyl groups is 4. The highest BCUT2D eigenvalue weighted by Gasteiger charge is 2.51. The predicted octanol–water partition coefficient (Wildman–Crippen LogP) is 0.854. The maximum atomic E-state index is 13.8. The van der Waals surface area contributed by atoms with Gasteiger partial charge in [-0.3, -0.25) is 4.79 Å². The molecule has 1 unspecified atom stereocenters. The fourth-order valence-corrected chi connectivity index (χ4v) is 6.54. The van der Waals surface area contributed by atoms with Gasteiger partial charge in [-0.25, -0.2) is 17.9 Å². The smallest absolute Gasteiger partial charge is 0.238 e. The Bertz CT molecular complexity index is 1160. The molecule has 1 amide bonds. The quantitative estimate of drug-likeness (QED) is 0.310. The lowest BCUT2D eigenvalue weighted by Crippen LogP contribution is -2.58. The third kappa shape index (κ3) is 6.00. The Morgan fingerprint density at radius 3 is 2.38 bits per heavy atom. The average molecular weight is 591 g/mol. The summed E-state index contributed by atoms with van der Waals surface area (Å²) in [6.45, 7) is 4.21. The van der Waals surface area contributed by atoms with Crippen LogP contribution < -0.4 is 0 Å². The molecule has 3 heterocycles. The van der Waals surface area contributed by atoms with Gasteiger partial charge in [-0.2, -0.15) is 0 Å². The van der Waals surface area contributed by atoms with E-state index in [1.165, 1.54) is 6.20 Å². The Hall–Kier alpha value is -2.27. The van der Waals surface area contributed by atoms with Crippen molar-refractivity contribution in [2.75, 3.05) is 32.9 Å². The maximum absolute atomic E-state index is 13.8. The first-order valence-electron chi connectivity index (χ1n) is 13.0. The Balaban J connectivity index is 1.65. The fourth-order valence-electron chi connectivity index (χ4n) is 4.99. The van der Waals surface area contributed by atoms with Crippen molar-refractivity contribution < 1.29 is 47.9 Å². The molecule has 0 bridgehead atoms. The van der Waals surface area contributed by atoms with Gasteiger partial charge in [-0.15, -0.1) is 16.9 Å². The molecule has 0 saturated carbocycles. The second-order valence-corrected chi connectivity index (χ2v) is 11.0. The molecule has 4 rings (SSSR count). The van der Waals surface area contributed by atoms with Gasteiger partial charge in [-0.05, 0) is 26.0 Å². The van der Waals surface area contributed by atoms with E-state index in [2.05, 4.69) is 10.3 Å². The first-order chi connectivity index (χ1) is 19.0. The van der Waals surface area contributed by atoms with Crippen LogP contribution in [-0.4, -0.2) is 114 Å². The van der Waals surface area contributed by atoms with E-state index in [4.69, 9.17) is 9.47 Å². The summed E-state index contributed by atoms with van der Waals surface area (Å²) in [6, 6.07) is 0.196. The van der Waals surface area contributed by atoms with Crippen LogP contribution in [0.25, 0.3) is 11.3 Å². The second-order valence-electron chi connectivity index (χ2n) is 9.78. The molecule has 2 aliphatic heterocycles. The van der Waals surface area contributed by atoms with Crippen LogP contribution in [-0.2, 0) is 14.3 Å². The van der Waals surface area contributed by atoms with Gasteiger partial charge < -0.3 is 34.8 Å². The number of halogens is 3. The number of carbonyl (C=O) groups excluding carboxylic acids is 1. The molecule has 11 nitrogen and oxygen atoms in total. The molecule has 1 aromatic heterocycles. The molecular weight excluding hydrogens is 557 g/mol.